The molecule has 3 aromatic carbocycles. The van der Waals surface area contributed by atoms with Crippen LogP contribution in [-0.4, -0.2) is 27.3 Å². The monoisotopic (exact) mass is 577 g/mol. The van der Waals surface area contributed by atoms with Crippen molar-refractivity contribution in [2.45, 2.75) is 40.3 Å². The number of hydrogen-bond acceptors (Lipinski definition) is 6. The molecule has 2 N–H and O–H groups in total. The van der Waals surface area contributed by atoms with E-state index in [1.165, 1.54) is 6.33 Å². The fourth-order valence-corrected chi connectivity index (χ4v) is 5.18. The van der Waals surface area contributed by atoms with Gasteiger partial charge in [-0.05, 0) is 69.2 Å². The quantitative estimate of drug-likeness (QED) is 0.232. The second kappa shape index (κ2) is 11.6. The van der Waals surface area contributed by atoms with Gasteiger partial charge in [0.05, 0.1) is 12.2 Å². The van der Waals surface area contributed by atoms with Crippen molar-refractivity contribution in [1.29, 1.82) is 0 Å². The van der Waals surface area contributed by atoms with Gasteiger partial charge in [0.1, 0.15) is 19.0 Å². The van der Waals surface area contributed by atoms with Crippen molar-refractivity contribution in [3.05, 3.63) is 104 Å². The number of hydrogen-bond donors (Lipinski definition) is 2. The zero-order valence-corrected chi connectivity index (χ0v) is 24.1. The predicted octanol–water partition coefficient (Wildman–Crippen LogP) is 7.11. The number of nitrogens with zero attached hydrogens (tertiary/aromatic N) is 3. The summed E-state index contributed by atoms with van der Waals surface area (Å²) in [6.45, 7) is 8.42. The van der Waals surface area contributed by atoms with E-state index in [0.717, 1.165) is 27.9 Å². The lowest BCUT2D eigenvalue weighted by Gasteiger charge is -2.29. The first-order chi connectivity index (χ1) is 19.2. The van der Waals surface area contributed by atoms with Gasteiger partial charge in [-0.3, -0.25) is 4.79 Å². The number of allylic oxidation sites excluding steroid dienone is 1. The van der Waals surface area contributed by atoms with Crippen molar-refractivity contribution in [3.63, 3.8) is 0 Å². The Balaban J connectivity index is 1.49. The van der Waals surface area contributed by atoms with Gasteiger partial charge in [-0.1, -0.05) is 53.0 Å². The maximum absolute atomic E-state index is 13.8. The third-order valence-electron chi connectivity index (χ3n) is 6.65. The van der Waals surface area contributed by atoms with Crippen LogP contribution >= 0.6 is 23.2 Å². The van der Waals surface area contributed by atoms with Crippen LogP contribution in [0.5, 0.6) is 11.5 Å². The third-order valence-corrected chi connectivity index (χ3v) is 7.24. The third kappa shape index (κ3) is 5.64. The second-order valence-corrected chi connectivity index (χ2v) is 10.4. The lowest BCUT2D eigenvalue weighted by molar-refractivity contribution is -0.113. The summed E-state index contributed by atoms with van der Waals surface area (Å²) < 4.78 is 13.8. The smallest absolute Gasteiger partial charge is 0.255 e. The minimum atomic E-state index is -0.552. The van der Waals surface area contributed by atoms with Gasteiger partial charge in [0, 0.05) is 27.0 Å². The highest BCUT2D eigenvalue weighted by Gasteiger charge is 2.34. The molecule has 0 radical (unpaired) electrons. The number of rotatable bonds is 8. The van der Waals surface area contributed by atoms with Gasteiger partial charge in [-0.15, -0.1) is 0 Å². The Morgan fingerprint density at radius 2 is 1.85 bits per heavy atom. The molecule has 1 amide bonds. The molecular formula is C30H29Cl2N5O3. The van der Waals surface area contributed by atoms with E-state index in [2.05, 4.69) is 20.7 Å². The molecule has 5 rings (SSSR count). The molecule has 0 unspecified atom stereocenters. The summed E-state index contributed by atoms with van der Waals surface area (Å²) in [5.41, 5.74) is 5.64. The summed E-state index contributed by atoms with van der Waals surface area (Å²) >= 11 is 12.4. The molecule has 0 spiro atoms. The normalized spacial score (nSPS) is 14.4. The molecule has 0 bridgehead atoms. The van der Waals surface area contributed by atoms with Crippen LogP contribution in [0.1, 0.15) is 42.1 Å². The molecule has 10 heteroatoms. The van der Waals surface area contributed by atoms with Crippen molar-refractivity contribution < 1.29 is 14.3 Å². The molecule has 2 heterocycles. The minimum absolute atomic E-state index is 0.235. The molecule has 206 valence electrons. The van der Waals surface area contributed by atoms with Crippen LogP contribution in [0.3, 0.4) is 0 Å². The molecule has 0 fully saturated rings. The molecule has 0 saturated carbocycles. The van der Waals surface area contributed by atoms with Gasteiger partial charge in [0.2, 0.25) is 5.95 Å². The largest absolute Gasteiger partial charge is 0.490 e. The summed E-state index contributed by atoms with van der Waals surface area (Å²) in [5, 5.41) is 11.8. The molecule has 1 aromatic heterocycles. The van der Waals surface area contributed by atoms with Crippen LogP contribution in [0.25, 0.3) is 0 Å². The Morgan fingerprint density at radius 3 is 2.60 bits per heavy atom. The van der Waals surface area contributed by atoms with Crippen molar-refractivity contribution in [3.8, 4) is 11.5 Å². The first-order valence-electron chi connectivity index (χ1n) is 12.8. The van der Waals surface area contributed by atoms with Crippen LogP contribution in [-0.2, 0) is 11.4 Å². The second-order valence-electron chi connectivity index (χ2n) is 9.53. The topological polar surface area (TPSA) is 90.3 Å². The van der Waals surface area contributed by atoms with E-state index in [1.54, 1.807) is 16.8 Å². The van der Waals surface area contributed by atoms with E-state index < -0.39 is 6.04 Å². The number of aryl methyl sites for hydroxylation is 2. The first kappa shape index (κ1) is 27.6. The zero-order chi connectivity index (χ0) is 28.4. The molecule has 4 aromatic rings. The average molecular weight is 579 g/mol. The molecule has 8 nitrogen and oxygen atoms in total. The number of anilines is 2. The Hall–Kier alpha value is -4.01. The van der Waals surface area contributed by atoms with E-state index >= 15 is 0 Å². The van der Waals surface area contributed by atoms with Crippen LogP contribution in [0.2, 0.25) is 10.0 Å². The first-order valence-corrected chi connectivity index (χ1v) is 13.6. The number of benzene rings is 3. The highest BCUT2D eigenvalue weighted by Crippen LogP contribution is 2.39. The van der Waals surface area contributed by atoms with Crippen molar-refractivity contribution in [2.24, 2.45) is 0 Å². The standard InChI is InChI=1S/C30H29Cl2N5O3/c1-5-39-26-13-20(8-11-25(26)40-15-21-7-9-22(31)14-23(21)32)28-27(19(4)35-30-33-16-34-37(28)30)29(38)36-24-10-6-17(2)12-18(24)3/h6-14,16,28H,5,15H2,1-4H3,(H,36,38)(H,33,34,35)/t28-/m0/s1. The Bertz CT molecular complexity index is 1610. The SMILES string of the molecule is CCOc1cc([C@H]2C(C(=O)Nc3ccc(C)cc3C)=C(C)Nc3ncnn32)ccc1OCc1ccc(Cl)cc1Cl. The van der Waals surface area contributed by atoms with Crippen LogP contribution in [0.15, 0.2) is 72.2 Å². The molecule has 1 aliphatic heterocycles. The average Bonchev–Trinajstić information content (AvgIpc) is 3.37. The van der Waals surface area contributed by atoms with Crippen molar-refractivity contribution in [1.82, 2.24) is 14.8 Å². The number of carbonyl (C=O) groups excluding carboxylic acids is 1. The van der Waals surface area contributed by atoms with Crippen LogP contribution < -0.4 is 20.1 Å². The maximum Gasteiger partial charge on any atom is 0.255 e. The Kier molecular flexibility index (Phi) is 8.00. The minimum Gasteiger partial charge on any atom is -0.490 e. The van der Waals surface area contributed by atoms with E-state index in [9.17, 15) is 4.79 Å². The number of halogens is 2. The molecule has 0 saturated heterocycles. The number of ether oxygens (including phenoxy) is 2. The zero-order valence-electron chi connectivity index (χ0n) is 22.6. The van der Waals surface area contributed by atoms with Crippen LogP contribution in [0.4, 0.5) is 11.6 Å². The summed E-state index contributed by atoms with van der Waals surface area (Å²) in [7, 11) is 0. The molecule has 40 heavy (non-hydrogen) atoms. The van der Waals surface area contributed by atoms with Gasteiger partial charge in [0.15, 0.2) is 11.5 Å². The van der Waals surface area contributed by atoms with Gasteiger partial charge in [-0.25, -0.2) is 4.68 Å². The molecule has 0 aliphatic carbocycles. The van der Waals surface area contributed by atoms with E-state index in [4.69, 9.17) is 32.7 Å². The van der Waals surface area contributed by atoms with E-state index in [-0.39, 0.29) is 12.5 Å². The lowest BCUT2D eigenvalue weighted by atomic mass is 9.94. The number of nitrogens with one attached hydrogen (secondary N) is 2. The molecule has 1 aliphatic rings. The number of carbonyl (C=O) groups is 1. The van der Waals surface area contributed by atoms with Crippen LogP contribution in [0, 0.1) is 13.8 Å². The van der Waals surface area contributed by atoms with Crippen molar-refractivity contribution in [2.75, 3.05) is 17.2 Å². The Labute approximate surface area is 242 Å². The fourth-order valence-electron chi connectivity index (χ4n) is 4.71. The van der Waals surface area contributed by atoms with Gasteiger partial charge < -0.3 is 20.1 Å². The lowest BCUT2D eigenvalue weighted by Crippen LogP contribution is -2.31. The van der Waals surface area contributed by atoms with Crippen molar-refractivity contribution >= 4 is 40.7 Å². The summed E-state index contributed by atoms with van der Waals surface area (Å²) in [4.78, 5) is 18.1. The van der Waals surface area contributed by atoms with E-state index in [0.29, 0.717) is 45.4 Å². The summed E-state index contributed by atoms with van der Waals surface area (Å²) in [6.07, 6.45) is 1.46. The summed E-state index contributed by atoms with van der Waals surface area (Å²) in [5.74, 6) is 1.39. The number of fused-ring (bicyclic) bond motifs is 1. The van der Waals surface area contributed by atoms with E-state index in [1.807, 2.05) is 70.2 Å². The van der Waals surface area contributed by atoms with Gasteiger partial charge in [-0.2, -0.15) is 10.1 Å². The van der Waals surface area contributed by atoms with Gasteiger partial charge in [0.25, 0.3) is 5.91 Å². The number of amides is 1. The molecular weight excluding hydrogens is 549 g/mol. The summed E-state index contributed by atoms with van der Waals surface area (Å²) in [6, 6.07) is 16.3. The highest BCUT2D eigenvalue weighted by molar-refractivity contribution is 6.35. The number of aromatic nitrogens is 3. The predicted molar refractivity (Wildman–Crippen MR) is 157 cm³/mol. The maximum atomic E-state index is 13.8. The fraction of sp³-hybridized carbons (Fsp3) is 0.233. The van der Waals surface area contributed by atoms with Gasteiger partial charge >= 0.3 is 0 Å². The Morgan fingerprint density at radius 1 is 1.02 bits per heavy atom. The highest BCUT2D eigenvalue weighted by atomic mass is 35.5. The molecule has 1 atom stereocenters.